The summed E-state index contributed by atoms with van der Waals surface area (Å²) in [6, 6.07) is 0. The monoisotopic (exact) mass is 211 g/mol. The molecule has 0 atom stereocenters. The first kappa shape index (κ1) is 14.7. The van der Waals surface area contributed by atoms with Crippen LogP contribution >= 0.6 is 0 Å². The SMILES string of the molecule is CCCCCC(C)=CCCNCC(C)C. The molecule has 1 heteroatoms. The van der Waals surface area contributed by atoms with E-state index < -0.39 is 0 Å². The van der Waals surface area contributed by atoms with Crippen LogP contribution in [0.15, 0.2) is 11.6 Å². The van der Waals surface area contributed by atoms with E-state index in [4.69, 9.17) is 0 Å². The van der Waals surface area contributed by atoms with E-state index in [0.717, 1.165) is 19.0 Å². The van der Waals surface area contributed by atoms with Crippen molar-refractivity contribution in [1.82, 2.24) is 5.32 Å². The highest BCUT2D eigenvalue weighted by Crippen LogP contribution is 2.08. The van der Waals surface area contributed by atoms with E-state index in [-0.39, 0.29) is 0 Å². The molecule has 0 unspecified atom stereocenters. The quantitative estimate of drug-likeness (QED) is 0.446. The van der Waals surface area contributed by atoms with Gasteiger partial charge in [0.25, 0.3) is 0 Å². The van der Waals surface area contributed by atoms with Gasteiger partial charge in [0.15, 0.2) is 0 Å². The molecule has 0 aromatic rings. The summed E-state index contributed by atoms with van der Waals surface area (Å²) in [5.74, 6) is 0.764. The average Bonchev–Trinajstić information content (AvgIpc) is 2.17. The van der Waals surface area contributed by atoms with Gasteiger partial charge < -0.3 is 5.32 Å². The van der Waals surface area contributed by atoms with Crippen molar-refractivity contribution in [1.29, 1.82) is 0 Å². The van der Waals surface area contributed by atoms with Crippen LogP contribution in [0.3, 0.4) is 0 Å². The van der Waals surface area contributed by atoms with E-state index in [9.17, 15) is 0 Å². The maximum atomic E-state index is 3.46. The Balaban J connectivity index is 3.33. The highest BCUT2D eigenvalue weighted by Gasteiger charge is 1.92. The van der Waals surface area contributed by atoms with Crippen LogP contribution in [0.5, 0.6) is 0 Å². The smallest absolute Gasteiger partial charge is 0.00141 e. The first-order valence-corrected chi connectivity index (χ1v) is 6.53. The second kappa shape index (κ2) is 10.2. The zero-order chi connectivity index (χ0) is 11.5. The molecular weight excluding hydrogens is 182 g/mol. The molecule has 0 fully saturated rings. The highest BCUT2D eigenvalue weighted by atomic mass is 14.8. The Labute approximate surface area is 96.3 Å². The van der Waals surface area contributed by atoms with Gasteiger partial charge in [-0.05, 0) is 45.2 Å². The van der Waals surface area contributed by atoms with Crippen LogP contribution in [0.1, 0.15) is 59.8 Å². The molecule has 0 radical (unpaired) electrons. The van der Waals surface area contributed by atoms with E-state index in [1.54, 1.807) is 5.57 Å². The molecule has 1 N–H and O–H groups in total. The average molecular weight is 211 g/mol. The minimum Gasteiger partial charge on any atom is -0.316 e. The van der Waals surface area contributed by atoms with Crippen molar-refractivity contribution in [2.45, 2.75) is 59.8 Å². The molecule has 1 nitrogen and oxygen atoms in total. The van der Waals surface area contributed by atoms with Gasteiger partial charge in [0.05, 0.1) is 0 Å². The fraction of sp³-hybridized carbons (Fsp3) is 0.857. The van der Waals surface area contributed by atoms with Crippen molar-refractivity contribution in [2.24, 2.45) is 5.92 Å². The lowest BCUT2D eigenvalue weighted by Gasteiger charge is -2.06. The lowest BCUT2D eigenvalue weighted by atomic mass is 10.1. The summed E-state index contributed by atoms with van der Waals surface area (Å²) in [6.07, 6.45) is 8.92. The maximum Gasteiger partial charge on any atom is -0.00141 e. The molecule has 0 heterocycles. The molecule has 0 saturated heterocycles. The number of unbranched alkanes of at least 4 members (excludes halogenated alkanes) is 2. The van der Waals surface area contributed by atoms with E-state index in [1.165, 1.54) is 32.1 Å². The van der Waals surface area contributed by atoms with Crippen molar-refractivity contribution in [3.05, 3.63) is 11.6 Å². The zero-order valence-corrected chi connectivity index (χ0v) is 11.1. The molecule has 0 aliphatic rings. The molecule has 0 aliphatic heterocycles. The Morgan fingerprint density at radius 2 is 2.00 bits per heavy atom. The minimum atomic E-state index is 0.764. The third kappa shape index (κ3) is 11.6. The third-order valence-electron chi connectivity index (χ3n) is 2.54. The van der Waals surface area contributed by atoms with Gasteiger partial charge in [0, 0.05) is 0 Å². The first-order valence-electron chi connectivity index (χ1n) is 6.53. The normalized spacial score (nSPS) is 12.5. The van der Waals surface area contributed by atoms with Crippen LogP contribution in [0, 0.1) is 5.92 Å². The van der Waals surface area contributed by atoms with Gasteiger partial charge >= 0.3 is 0 Å². The van der Waals surface area contributed by atoms with Crippen molar-refractivity contribution < 1.29 is 0 Å². The van der Waals surface area contributed by atoms with E-state index in [1.807, 2.05) is 0 Å². The molecule has 0 rings (SSSR count). The minimum absolute atomic E-state index is 0.764. The van der Waals surface area contributed by atoms with Gasteiger partial charge in [0.1, 0.15) is 0 Å². The predicted molar refractivity (Wildman–Crippen MR) is 70.2 cm³/mol. The van der Waals surface area contributed by atoms with Gasteiger partial charge in [-0.2, -0.15) is 0 Å². The summed E-state index contributed by atoms with van der Waals surface area (Å²) in [6.45, 7) is 11.3. The van der Waals surface area contributed by atoms with Gasteiger partial charge in [0.2, 0.25) is 0 Å². The molecule has 0 aliphatic carbocycles. The molecule has 0 aromatic carbocycles. The van der Waals surface area contributed by atoms with Crippen LogP contribution in [-0.2, 0) is 0 Å². The summed E-state index contributed by atoms with van der Waals surface area (Å²) in [5.41, 5.74) is 1.56. The summed E-state index contributed by atoms with van der Waals surface area (Å²) in [5, 5.41) is 3.46. The molecular formula is C14H29N. The van der Waals surface area contributed by atoms with E-state index >= 15 is 0 Å². The first-order chi connectivity index (χ1) is 7.16. The largest absolute Gasteiger partial charge is 0.316 e. The summed E-state index contributed by atoms with van der Waals surface area (Å²) in [4.78, 5) is 0. The molecule has 0 spiro atoms. The molecule has 0 bridgehead atoms. The number of hydrogen-bond donors (Lipinski definition) is 1. The van der Waals surface area contributed by atoms with Crippen molar-refractivity contribution in [2.75, 3.05) is 13.1 Å². The van der Waals surface area contributed by atoms with Crippen LogP contribution in [0.25, 0.3) is 0 Å². The number of hydrogen-bond acceptors (Lipinski definition) is 1. The van der Waals surface area contributed by atoms with E-state index in [0.29, 0.717) is 0 Å². The Bertz CT molecular complexity index is 159. The Hall–Kier alpha value is -0.300. The number of nitrogens with one attached hydrogen (secondary N) is 1. The predicted octanol–water partition coefficient (Wildman–Crippen LogP) is 4.15. The Morgan fingerprint density at radius 3 is 2.60 bits per heavy atom. The molecule has 0 saturated carbocycles. The molecule has 0 amide bonds. The molecule has 90 valence electrons. The van der Waals surface area contributed by atoms with Gasteiger partial charge in [-0.15, -0.1) is 0 Å². The lowest BCUT2D eigenvalue weighted by molar-refractivity contribution is 0.556. The molecule has 0 aromatic heterocycles. The van der Waals surface area contributed by atoms with Crippen molar-refractivity contribution >= 4 is 0 Å². The zero-order valence-electron chi connectivity index (χ0n) is 11.1. The topological polar surface area (TPSA) is 12.0 Å². The van der Waals surface area contributed by atoms with Gasteiger partial charge in [-0.3, -0.25) is 0 Å². The summed E-state index contributed by atoms with van der Waals surface area (Å²) >= 11 is 0. The Kier molecular flexibility index (Phi) is 10.0. The second-order valence-electron chi connectivity index (χ2n) is 4.89. The number of rotatable bonds is 9. The second-order valence-corrected chi connectivity index (χ2v) is 4.89. The highest BCUT2D eigenvalue weighted by molar-refractivity contribution is 4.97. The van der Waals surface area contributed by atoms with Gasteiger partial charge in [-0.1, -0.05) is 45.3 Å². The van der Waals surface area contributed by atoms with Crippen LogP contribution < -0.4 is 5.32 Å². The fourth-order valence-electron chi connectivity index (χ4n) is 1.57. The number of allylic oxidation sites excluding steroid dienone is 1. The summed E-state index contributed by atoms with van der Waals surface area (Å²) in [7, 11) is 0. The van der Waals surface area contributed by atoms with Crippen molar-refractivity contribution in [3.8, 4) is 0 Å². The standard InChI is InChI=1S/C14H29N/c1-5-6-7-9-14(4)10-8-11-15-12-13(2)3/h10,13,15H,5-9,11-12H2,1-4H3. The third-order valence-corrected chi connectivity index (χ3v) is 2.54. The van der Waals surface area contributed by atoms with Crippen LogP contribution in [0.2, 0.25) is 0 Å². The maximum absolute atomic E-state index is 3.46. The lowest BCUT2D eigenvalue weighted by Crippen LogP contribution is -2.20. The molecule has 15 heavy (non-hydrogen) atoms. The van der Waals surface area contributed by atoms with E-state index in [2.05, 4.69) is 39.1 Å². The van der Waals surface area contributed by atoms with Crippen LogP contribution in [0.4, 0.5) is 0 Å². The fourth-order valence-corrected chi connectivity index (χ4v) is 1.57. The van der Waals surface area contributed by atoms with Gasteiger partial charge in [-0.25, -0.2) is 0 Å². The Morgan fingerprint density at radius 1 is 1.27 bits per heavy atom. The summed E-state index contributed by atoms with van der Waals surface area (Å²) < 4.78 is 0. The van der Waals surface area contributed by atoms with Crippen molar-refractivity contribution in [3.63, 3.8) is 0 Å². The van der Waals surface area contributed by atoms with Crippen LogP contribution in [-0.4, -0.2) is 13.1 Å².